The van der Waals surface area contributed by atoms with Gasteiger partial charge < -0.3 is 0 Å². The third-order valence-corrected chi connectivity index (χ3v) is 4.51. The van der Waals surface area contributed by atoms with E-state index in [0.29, 0.717) is 24.0 Å². The Morgan fingerprint density at radius 3 is 2.58 bits per heavy atom. The van der Waals surface area contributed by atoms with Crippen LogP contribution < -0.4 is 0 Å². The van der Waals surface area contributed by atoms with E-state index in [4.69, 9.17) is 23.2 Å². The Kier molecular flexibility index (Phi) is 4.81. The van der Waals surface area contributed by atoms with Gasteiger partial charge in [0.1, 0.15) is 0 Å². The molecule has 19 heavy (non-hydrogen) atoms. The summed E-state index contributed by atoms with van der Waals surface area (Å²) in [5.41, 5.74) is 0.676. The molecule has 2 rings (SSSR count). The van der Waals surface area contributed by atoms with Crippen molar-refractivity contribution in [1.82, 2.24) is 20.2 Å². The molecule has 0 aliphatic carbocycles. The molecule has 0 aliphatic heterocycles. The molecule has 4 nitrogen and oxygen atoms in total. The molecule has 0 saturated carbocycles. The number of hydrogen-bond acceptors (Lipinski definition) is 3. The lowest BCUT2D eigenvalue weighted by Gasteiger charge is -2.29. The number of halogens is 3. The second-order valence-corrected chi connectivity index (χ2v) is 5.88. The molecule has 2 aromatic rings. The second-order valence-electron chi connectivity index (χ2n) is 4.43. The van der Waals surface area contributed by atoms with E-state index in [9.17, 15) is 0 Å². The predicted octanol–water partition coefficient (Wildman–Crippen LogP) is 2.93. The SMILES string of the molecule is Cn1nnc(CC(CCl)(CCl)c2cccc(Br)c2)n1. The summed E-state index contributed by atoms with van der Waals surface area (Å²) in [7, 11) is 1.73. The summed E-state index contributed by atoms with van der Waals surface area (Å²) < 4.78 is 0.997. The average Bonchev–Trinajstić information content (AvgIpc) is 2.81. The van der Waals surface area contributed by atoms with E-state index in [-0.39, 0.29) is 0 Å². The van der Waals surface area contributed by atoms with Crippen LogP contribution in [0.5, 0.6) is 0 Å². The highest BCUT2D eigenvalue weighted by Crippen LogP contribution is 2.32. The number of rotatable bonds is 5. The molecule has 0 spiro atoms. The van der Waals surface area contributed by atoms with E-state index < -0.39 is 5.41 Å². The van der Waals surface area contributed by atoms with Crippen molar-refractivity contribution in [3.8, 4) is 0 Å². The van der Waals surface area contributed by atoms with Crippen LogP contribution in [0.3, 0.4) is 0 Å². The normalized spacial score (nSPS) is 11.8. The third kappa shape index (κ3) is 3.27. The van der Waals surface area contributed by atoms with Gasteiger partial charge in [-0.3, -0.25) is 0 Å². The Labute approximate surface area is 130 Å². The van der Waals surface area contributed by atoms with E-state index in [2.05, 4.69) is 31.3 Å². The molecule has 0 N–H and O–H groups in total. The van der Waals surface area contributed by atoms with Crippen LogP contribution in [0.4, 0.5) is 0 Å². The van der Waals surface area contributed by atoms with E-state index in [1.54, 1.807) is 7.05 Å². The fraction of sp³-hybridized carbons (Fsp3) is 0.417. The van der Waals surface area contributed by atoms with E-state index in [1.807, 2.05) is 24.3 Å². The van der Waals surface area contributed by atoms with Crippen molar-refractivity contribution in [3.63, 3.8) is 0 Å². The van der Waals surface area contributed by atoms with E-state index in [0.717, 1.165) is 10.0 Å². The smallest absolute Gasteiger partial charge is 0.167 e. The van der Waals surface area contributed by atoms with E-state index >= 15 is 0 Å². The minimum absolute atomic E-state index is 0.393. The molecule has 1 aromatic heterocycles. The number of alkyl halides is 2. The van der Waals surface area contributed by atoms with Crippen LogP contribution >= 0.6 is 39.1 Å². The monoisotopic (exact) mass is 362 g/mol. The molecule has 0 radical (unpaired) electrons. The molecule has 1 heterocycles. The van der Waals surface area contributed by atoms with Crippen LogP contribution in [0.1, 0.15) is 11.4 Å². The van der Waals surface area contributed by atoms with Crippen LogP contribution in [0.2, 0.25) is 0 Å². The summed E-state index contributed by atoms with van der Waals surface area (Å²) in [6.45, 7) is 0. The molecule has 0 saturated heterocycles. The van der Waals surface area contributed by atoms with Crippen LogP contribution in [-0.4, -0.2) is 32.0 Å². The number of nitrogens with zero attached hydrogens (tertiary/aromatic N) is 4. The Balaban J connectivity index is 2.37. The molecule has 7 heteroatoms. The fourth-order valence-electron chi connectivity index (χ4n) is 1.90. The maximum absolute atomic E-state index is 6.19. The summed E-state index contributed by atoms with van der Waals surface area (Å²) in [5, 5.41) is 12.1. The van der Waals surface area contributed by atoms with Gasteiger partial charge in [0.15, 0.2) is 5.82 Å². The number of benzene rings is 1. The highest BCUT2D eigenvalue weighted by molar-refractivity contribution is 9.10. The maximum Gasteiger partial charge on any atom is 0.175 e. The summed E-state index contributed by atoms with van der Waals surface area (Å²) in [5.74, 6) is 1.43. The molecule has 0 bridgehead atoms. The molecule has 0 fully saturated rings. The van der Waals surface area contributed by atoms with Crippen LogP contribution in [0.15, 0.2) is 28.7 Å². The summed E-state index contributed by atoms with van der Waals surface area (Å²) in [4.78, 5) is 1.43. The molecule has 0 atom stereocenters. The van der Waals surface area contributed by atoms with Gasteiger partial charge in [0.2, 0.25) is 0 Å². The topological polar surface area (TPSA) is 43.6 Å². The van der Waals surface area contributed by atoms with Gasteiger partial charge >= 0.3 is 0 Å². The van der Waals surface area contributed by atoms with Crippen molar-refractivity contribution >= 4 is 39.1 Å². The highest BCUT2D eigenvalue weighted by atomic mass is 79.9. The van der Waals surface area contributed by atoms with Crippen molar-refractivity contribution in [3.05, 3.63) is 40.1 Å². The van der Waals surface area contributed by atoms with Crippen LogP contribution in [-0.2, 0) is 18.9 Å². The molecule has 102 valence electrons. The lowest BCUT2D eigenvalue weighted by atomic mass is 9.81. The van der Waals surface area contributed by atoms with Gasteiger partial charge in [0, 0.05) is 28.1 Å². The van der Waals surface area contributed by atoms with Gasteiger partial charge in [-0.1, -0.05) is 28.1 Å². The molecule has 0 unspecified atom stereocenters. The van der Waals surface area contributed by atoms with Crippen molar-refractivity contribution in [2.45, 2.75) is 11.8 Å². The fourth-order valence-corrected chi connectivity index (χ4v) is 3.08. The van der Waals surface area contributed by atoms with Crippen molar-refractivity contribution in [1.29, 1.82) is 0 Å². The van der Waals surface area contributed by atoms with Crippen molar-refractivity contribution < 1.29 is 0 Å². The Hall–Kier alpha value is -0.650. The minimum Gasteiger partial charge on any atom is -0.167 e. The average molecular weight is 364 g/mol. The molecule has 0 amide bonds. The van der Waals surface area contributed by atoms with Crippen LogP contribution in [0, 0.1) is 0 Å². The zero-order valence-electron chi connectivity index (χ0n) is 10.4. The van der Waals surface area contributed by atoms with Gasteiger partial charge in [0.25, 0.3) is 0 Å². The molecular weight excluding hydrogens is 351 g/mol. The molecule has 1 aromatic carbocycles. The van der Waals surface area contributed by atoms with Gasteiger partial charge in [0.05, 0.1) is 7.05 Å². The first kappa shape index (κ1) is 14.8. The number of aromatic nitrogens is 4. The standard InChI is InChI=1S/C12H13BrCl2N4/c1-19-17-11(16-18-19)6-12(7-14,8-15)9-3-2-4-10(13)5-9/h2-5H,6-8H2,1H3. The molecular formula is C12H13BrCl2N4. The number of hydrogen-bond donors (Lipinski definition) is 0. The Bertz CT molecular complexity index is 554. The van der Waals surface area contributed by atoms with E-state index in [1.165, 1.54) is 4.80 Å². The first-order valence-corrected chi connectivity index (χ1v) is 7.57. The largest absolute Gasteiger partial charge is 0.175 e. The quantitative estimate of drug-likeness (QED) is 0.767. The summed E-state index contributed by atoms with van der Waals surface area (Å²) in [6, 6.07) is 7.99. The zero-order chi connectivity index (χ0) is 13.9. The van der Waals surface area contributed by atoms with Gasteiger partial charge in [-0.15, -0.1) is 33.4 Å². The first-order chi connectivity index (χ1) is 9.09. The Morgan fingerprint density at radius 2 is 2.05 bits per heavy atom. The highest BCUT2D eigenvalue weighted by Gasteiger charge is 2.33. The van der Waals surface area contributed by atoms with Gasteiger partial charge in [-0.25, -0.2) is 0 Å². The Morgan fingerprint density at radius 1 is 1.32 bits per heavy atom. The summed E-state index contributed by atoms with van der Waals surface area (Å²) >= 11 is 15.8. The van der Waals surface area contributed by atoms with Gasteiger partial charge in [-0.05, 0) is 22.9 Å². The zero-order valence-corrected chi connectivity index (χ0v) is 13.5. The molecule has 0 aliphatic rings. The lowest BCUT2D eigenvalue weighted by molar-refractivity contribution is 0.517. The summed E-state index contributed by atoms with van der Waals surface area (Å²) in [6.07, 6.45) is 0.560. The second kappa shape index (κ2) is 6.20. The van der Waals surface area contributed by atoms with Crippen LogP contribution in [0.25, 0.3) is 0 Å². The maximum atomic E-state index is 6.19. The van der Waals surface area contributed by atoms with Crippen molar-refractivity contribution in [2.75, 3.05) is 11.8 Å². The lowest BCUT2D eigenvalue weighted by Crippen LogP contribution is -2.34. The number of tetrazole rings is 1. The van der Waals surface area contributed by atoms with Gasteiger partial charge in [-0.2, -0.15) is 4.80 Å². The predicted molar refractivity (Wildman–Crippen MR) is 79.8 cm³/mol. The minimum atomic E-state index is -0.393. The van der Waals surface area contributed by atoms with Crippen molar-refractivity contribution in [2.24, 2.45) is 7.05 Å². The first-order valence-electron chi connectivity index (χ1n) is 5.70. The number of aryl methyl sites for hydroxylation is 1. The third-order valence-electron chi connectivity index (χ3n) is 2.99.